The van der Waals surface area contributed by atoms with Gasteiger partial charge in [-0.1, -0.05) is 35.9 Å². The van der Waals surface area contributed by atoms with Gasteiger partial charge in [0.25, 0.3) is 5.91 Å². The molecule has 5 nitrogen and oxygen atoms in total. The molecule has 0 aliphatic rings. The van der Waals surface area contributed by atoms with Crippen LogP contribution in [0.25, 0.3) is 0 Å². The molecule has 1 unspecified atom stereocenters. The van der Waals surface area contributed by atoms with E-state index in [1.54, 1.807) is 31.2 Å². The number of amides is 2. The highest BCUT2D eigenvalue weighted by Gasteiger charge is 2.23. The molecule has 2 aromatic rings. The fourth-order valence-electron chi connectivity index (χ4n) is 2.45. The number of nitrogens with zero attached hydrogens (tertiary/aromatic N) is 1. The van der Waals surface area contributed by atoms with Crippen molar-refractivity contribution in [3.8, 4) is 5.75 Å². The van der Waals surface area contributed by atoms with Crippen molar-refractivity contribution in [2.75, 3.05) is 18.4 Å². The summed E-state index contributed by atoms with van der Waals surface area (Å²) in [4.78, 5) is 26.4. The maximum Gasteiger partial charge on any atom is 0.263 e. The molecule has 6 heteroatoms. The molecule has 0 aliphatic heterocycles. The molecule has 0 saturated carbocycles. The molecule has 26 heavy (non-hydrogen) atoms. The van der Waals surface area contributed by atoms with Gasteiger partial charge in [0.15, 0.2) is 6.10 Å². The SMILES string of the molecule is CCN(CC(=O)Nc1cc(Cl)ccc1C)C(=O)C(C)Oc1ccccc1. The standard InChI is InChI=1S/C20H23ClN2O3/c1-4-23(20(25)15(3)26-17-8-6-5-7-9-17)13-19(24)22-18-12-16(21)11-10-14(18)2/h5-12,15H,4,13H2,1-3H3,(H,22,24). The highest BCUT2D eigenvalue weighted by Crippen LogP contribution is 2.20. The predicted molar refractivity (Wildman–Crippen MR) is 104 cm³/mol. The molecular formula is C20H23ClN2O3. The zero-order chi connectivity index (χ0) is 19.1. The van der Waals surface area contributed by atoms with Crippen LogP contribution in [0.3, 0.4) is 0 Å². The molecule has 1 atom stereocenters. The highest BCUT2D eigenvalue weighted by molar-refractivity contribution is 6.31. The van der Waals surface area contributed by atoms with Crippen molar-refractivity contribution in [1.29, 1.82) is 0 Å². The molecule has 0 radical (unpaired) electrons. The van der Waals surface area contributed by atoms with Gasteiger partial charge in [0.2, 0.25) is 5.91 Å². The summed E-state index contributed by atoms with van der Waals surface area (Å²) in [6.07, 6.45) is -0.682. The summed E-state index contributed by atoms with van der Waals surface area (Å²) in [6.45, 7) is 5.74. The Hall–Kier alpha value is -2.53. The molecule has 0 heterocycles. The van der Waals surface area contributed by atoms with E-state index in [2.05, 4.69) is 5.32 Å². The van der Waals surface area contributed by atoms with Crippen LogP contribution in [-0.2, 0) is 9.59 Å². The minimum Gasteiger partial charge on any atom is -0.481 e. The lowest BCUT2D eigenvalue weighted by molar-refractivity contribution is -0.140. The number of para-hydroxylation sites is 1. The zero-order valence-corrected chi connectivity index (χ0v) is 15.9. The number of nitrogens with one attached hydrogen (secondary N) is 1. The van der Waals surface area contributed by atoms with Gasteiger partial charge in [-0.3, -0.25) is 9.59 Å². The number of likely N-dealkylation sites (N-methyl/N-ethyl adjacent to an activating group) is 1. The van der Waals surface area contributed by atoms with Crippen LogP contribution in [0, 0.1) is 6.92 Å². The first kappa shape index (κ1) is 19.8. The van der Waals surface area contributed by atoms with Crippen LogP contribution in [0.2, 0.25) is 5.02 Å². The lowest BCUT2D eigenvalue weighted by atomic mass is 10.2. The third kappa shape index (κ3) is 5.49. The first-order chi connectivity index (χ1) is 12.4. The maximum atomic E-state index is 12.6. The number of anilines is 1. The van der Waals surface area contributed by atoms with Crippen molar-refractivity contribution in [2.24, 2.45) is 0 Å². The van der Waals surface area contributed by atoms with Gasteiger partial charge in [0.05, 0.1) is 6.54 Å². The second-order valence-electron chi connectivity index (χ2n) is 5.93. The number of ether oxygens (including phenoxy) is 1. The van der Waals surface area contributed by atoms with Crippen molar-refractivity contribution in [3.63, 3.8) is 0 Å². The van der Waals surface area contributed by atoms with E-state index in [4.69, 9.17) is 16.3 Å². The van der Waals surface area contributed by atoms with Crippen LogP contribution in [0.4, 0.5) is 5.69 Å². The van der Waals surface area contributed by atoms with E-state index in [0.717, 1.165) is 5.56 Å². The summed E-state index contributed by atoms with van der Waals surface area (Å²) in [5, 5.41) is 3.34. The van der Waals surface area contributed by atoms with E-state index in [-0.39, 0.29) is 18.4 Å². The Morgan fingerprint density at radius 2 is 1.88 bits per heavy atom. The van der Waals surface area contributed by atoms with E-state index in [1.807, 2.05) is 38.1 Å². The van der Waals surface area contributed by atoms with E-state index >= 15 is 0 Å². The summed E-state index contributed by atoms with van der Waals surface area (Å²) in [6, 6.07) is 14.4. The maximum absolute atomic E-state index is 12.6. The molecule has 0 fully saturated rings. The summed E-state index contributed by atoms with van der Waals surface area (Å²) >= 11 is 5.97. The first-order valence-electron chi connectivity index (χ1n) is 8.47. The van der Waals surface area contributed by atoms with Crippen LogP contribution in [0.15, 0.2) is 48.5 Å². The van der Waals surface area contributed by atoms with E-state index in [1.165, 1.54) is 4.90 Å². The van der Waals surface area contributed by atoms with Crippen molar-refractivity contribution < 1.29 is 14.3 Å². The molecule has 2 aromatic carbocycles. The molecule has 0 saturated heterocycles. The first-order valence-corrected chi connectivity index (χ1v) is 8.85. The van der Waals surface area contributed by atoms with Crippen LogP contribution >= 0.6 is 11.6 Å². The van der Waals surface area contributed by atoms with Gasteiger partial charge in [-0.2, -0.15) is 0 Å². The Bertz CT molecular complexity index is 765. The fraction of sp³-hybridized carbons (Fsp3) is 0.300. The molecular weight excluding hydrogens is 352 g/mol. The van der Waals surface area contributed by atoms with Crippen LogP contribution < -0.4 is 10.1 Å². The molecule has 0 aromatic heterocycles. The number of carbonyl (C=O) groups is 2. The second-order valence-corrected chi connectivity index (χ2v) is 6.37. The lowest BCUT2D eigenvalue weighted by Crippen LogP contribution is -2.44. The number of aryl methyl sites for hydroxylation is 1. The largest absolute Gasteiger partial charge is 0.481 e. The molecule has 0 aliphatic carbocycles. The van der Waals surface area contributed by atoms with Crippen molar-refractivity contribution >= 4 is 29.1 Å². The van der Waals surface area contributed by atoms with Crippen molar-refractivity contribution in [3.05, 3.63) is 59.1 Å². The average molecular weight is 375 g/mol. The summed E-state index contributed by atoms with van der Waals surface area (Å²) < 4.78 is 5.65. The lowest BCUT2D eigenvalue weighted by Gasteiger charge is -2.24. The number of benzene rings is 2. The van der Waals surface area contributed by atoms with Crippen LogP contribution in [0.5, 0.6) is 5.75 Å². The van der Waals surface area contributed by atoms with Gasteiger partial charge in [0, 0.05) is 17.3 Å². The number of rotatable bonds is 7. The third-order valence-electron chi connectivity index (χ3n) is 3.91. The molecule has 1 N–H and O–H groups in total. The van der Waals surface area contributed by atoms with Crippen LogP contribution in [-0.4, -0.2) is 35.9 Å². The van der Waals surface area contributed by atoms with Gasteiger partial charge < -0.3 is 15.0 Å². The van der Waals surface area contributed by atoms with Gasteiger partial charge in [-0.15, -0.1) is 0 Å². The minimum absolute atomic E-state index is 0.0518. The summed E-state index contributed by atoms with van der Waals surface area (Å²) in [5.74, 6) is 0.0928. The molecule has 2 rings (SSSR count). The number of hydrogen-bond acceptors (Lipinski definition) is 3. The van der Waals surface area contributed by atoms with Crippen molar-refractivity contribution in [1.82, 2.24) is 4.90 Å². The Morgan fingerprint density at radius 3 is 2.54 bits per heavy atom. The topological polar surface area (TPSA) is 58.6 Å². The smallest absolute Gasteiger partial charge is 0.263 e. The number of halogens is 1. The average Bonchev–Trinajstić information content (AvgIpc) is 2.63. The molecule has 0 spiro atoms. The normalized spacial score (nSPS) is 11.5. The van der Waals surface area contributed by atoms with Crippen LogP contribution in [0.1, 0.15) is 19.4 Å². The van der Waals surface area contributed by atoms with Gasteiger partial charge >= 0.3 is 0 Å². The number of hydrogen-bond donors (Lipinski definition) is 1. The highest BCUT2D eigenvalue weighted by atomic mass is 35.5. The Labute approximate surface area is 158 Å². The van der Waals surface area contributed by atoms with E-state index < -0.39 is 6.10 Å². The Kier molecular flexibility index (Phi) is 7.04. The van der Waals surface area contributed by atoms with E-state index in [9.17, 15) is 9.59 Å². The second kappa shape index (κ2) is 9.25. The van der Waals surface area contributed by atoms with Gasteiger partial charge in [-0.05, 0) is 50.6 Å². The Morgan fingerprint density at radius 1 is 1.19 bits per heavy atom. The molecule has 138 valence electrons. The molecule has 0 bridgehead atoms. The summed E-state index contributed by atoms with van der Waals surface area (Å²) in [7, 11) is 0. The van der Waals surface area contributed by atoms with E-state index in [0.29, 0.717) is 23.0 Å². The summed E-state index contributed by atoms with van der Waals surface area (Å²) in [5.41, 5.74) is 1.54. The minimum atomic E-state index is -0.682. The number of carbonyl (C=O) groups excluding carboxylic acids is 2. The fourth-order valence-corrected chi connectivity index (χ4v) is 2.62. The quantitative estimate of drug-likeness (QED) is 0.799. The van der Waals surface area contributed by atoms with Gasteiger partial charge in [0.1, 0.15) is 5.75 Å². The van der Waals surface area contributed by atoms with Gasteiger partial charge in [-0.25, -0.2) is 0 Å². The monoisotopic (exact) mass is 374 g/mol. The zero-order valence-electron chi connectivity index (χ0n) is 15.2. The third-order valence-corrected chi connectivity index (χ3v) is 4.14. The Balaban J connectivity index is 1.97. The predicted octanol–water partition coefficient (Wildman–Crippen LogP) is 3.90. The molecule has 2 amide bonds. The van der Waals surface area contributed by atoms with Crippen molar-refractivity contribution in [2.45, 2.75) is 26.9 Å².